The monoisotopic (exact) mass is 262 g/mol. The van der Waals surface area contributed by atoms with E-state index in [1.807, 2.05) is 0 Å². The molecule has 0 radical (unpaired) electrons. The Balaban J connectivity index is 2.57. The van der Waals surface area contributed by atoms with Gasteiger partial charge in [-0.1, -0.05) is 13.8 Å². The highest BCUT2D eigenvalue weighted by Crippen LogP contribution is 2.12. The third-order valence-corrected chi connectivity index (χ3v) is 2.77. The van der Waals surface area contributed by atoms with Gasteiger partial charge in [0, 0.05) is 31.8 Å². The van der Waals surface area contributed by atoms with Crippen LogP contribution in [-0.4, -0.2) is 30.8 Å². The van der Waals surface area contributed by atoms with Gasteiger partial charge in [-0.15, -0.1) is 0 Å². The maximum atomic E-state index is 11.7. The number of nitrogens with zero attached hydrogens (tertiary/aromatic N) is 1. The molecule has 1 N–H and O–H groups in total. The first-order chi connectivity index (χ1) is 8.90. The highest BCUT2D eigenvalue weighted by atomic mass is 16.2. The van der Waals surface area contributed by atoms with Crippen molar-refractivity contribution in [2.24, 2.45) is 5.92 Å². The van der Waals surface area contributed by atoms with Crippen molar-refractivity contribution in [2.75, 3.05) is 19.4 Å². The first kappa shape index (κ1) is 15.2. The van der Waals surface area contributed by atoms with Crippen molar-refractivity contribution in [2.45, 2.75) is 26.7 Å². The number of hydrogen-bond donors (Lipinski definition) is 1. The average Bonchev–Trinajstić information content (AvgIpc) is 2.36. The Morgan fingerprint density at radius 3 is 2.21 bits per heavy atom. The zero-order valence-corrected chi connectivity index (χ0v) is 12.1. The van der Waals surface area contributed by atoms with Crippen LogP contribution in [-0.2, 0) is 4.79 Å². The van der Waals surface area contributed by atoms with Crippen LogP contribution in [0.3, 0.4) is 0 Å². The molecule has 104 valence electrons. The van der Waals surface area contributed by atoms with Gasteiger partial charge in [0.05, 0.1) is 0 Å². The van der Waals surface area contributed by atoms with E-state index in [0.717, 1.165) is 12.1 Å². The molecule has 4 heteroatoms. The molecule has 0 atom stereocenters. The fourth-order valence-corrected chi connectivity index (χ4v) is 1.60. The number of rotatable bonds is 5. The summed E-state index contributed by atoms with van der Waals surface area (Å²) in [5.74, 6) is 0.490. The lowest BCUT2D eigenvalue weighted by molar-refractivity contribution is -0.116. The van der Waals surface area contributed by atoms with Gasteiger partial charge in [-0.05, 0) is 36.6 Å². The predicted molar refractivity (Wildman–Crippen MR) is 77.2 cm³/mol. The number of carbonyl (C=O) groups is 2. The molecule has 2 amide bonds. The number of amides is 2. The maximum Gasteiger partial charge on any atom is 0.253 e. The van der Waals surface area contributed by atoms with Crippen molar-refractivity contribution in [3.8, 4) is 0 Å². The summed E-state index contributed by atoms with van der Waals surface area (Å²) >= 11 is 0. The smallest absolute Gasteiger partial charge is 0.253 e. The predicted octanol–water partition coefficient (Wildman–Crippen LogP) is 2.76. The van der Waals surface area contributed by atoms with Crippen molar-refractivity contribution in [1.82, 2.24) is 4.90 Å². The highest BCUT2D eigenvalue weighted by Gasteiger charge is 2.08. The van der Waals surface area contributed by atoms with Gasteiger partial charge in [-0.25, -0.2) is 0 Å². The van der Waals surface area contributed by atoms with Crippen molar-refractivity contribution in [3.05, 3.63) is 29.8 Å². The van der Waals surface area contributed by atoms with E-state index in [1.165, 1.54) is 4.90 Å². The van der Waals surface area contributed by atoms with Gasteiger partial charge < -0.3 is 10.2 Å². The normalized spacial score (nSPS) is 10.4. The van der Waals surface area contributed by atoms with E-state index in [2.05, 4.69) is 19.2 Å². The van der Waals surface area contributed by atoms with E-state index < -0.39 is 0 Å². The molecule has 0 fully saturated rings. The van der Waals surface area contributed by atoms with Gasteiger partial charge in [0.25, 0.3) is 5.91 Å². The molecule has 0 heterocycles. The molecule has 1 rings (SSSR count). The molecule has 0 spiro atoms. The summed E-state index contributed by atoms with van der Waals surface area (Å²) in [6.07, 6.45) is 1.40. The van der Waals surface area contributed by atoms with E-state index >= 15 is 0 Å². The van der Waals surface area contributed by atoms with Crippen LogP contribution in [0.2, 0.25) is 0 Å². The Bertz CT molecular complexity index is 436. The standard InChI is InChI=1S/C15H22N2O2/c1-11(2)5-10-14(18)16-13-8-6-12(7-9-13)15(19)17(3)4/h6-9,11H,5,10H2,1-4H3,(H,16,18). The fourth-order valence-electron chi connectivity index (χ4n) is 1.60. The zero-order chi connectivity index (χ0) is 14.4. The molecule has 0 saturated heterocycles. The fraction of sp³-hybridized carbons (Fsp3) is 0.467. The highest BCUT2D eigenvalue weighted by molar-refractivity contribution is 5.95. The molecule has 0 aromatic heterocycles. The number of nitrogens with one attached hydrogen (secondary N) is 1. The molecule has 0 aliphatic carbocycles. The Morgan fingerprint density at radius 2 is 1.74 bits per heavy atom. The Kier molecular flexibility index (Phi) is 5.55. The second kappa shape index (κ2) is 6.92. The van der Waals surface area contributed by atoms with Crippen LogP contribution < -0.4 is 5.32 Å². The van der Waals surface area contributed by atoms with E-state index in [-0.39, 0.29) is 11.8 Å². The number of benzene rings is 1. The minimum atomic E-state index is -0.0438. The average molecular weight is 262 g/mol. The second-order valence-corrected chi connectivity index (χ2v) is 5.26. The van der Waals surface area contributed by atoms with E-state index in [1.54, 1.807) is 38.4 Å². The lowest BCUT2D eigenvalue weighted by atomic mass is 10.1. The van der Waals surface area contributed by atoms with Crippen molar-refractivity contribution in [3.63, 3.8) is 0 Å². The Labute approximate surface area is 114 Å². The molecule has 1 aromatic carbocycles. The molecule has 0 unspecified atom stereocenters. The lowest BCUT2D eigenvalue weighted by Crippen LogP contribution is -2.21. The molecule has 0 aliphatic rings. The van der Waals surface area contributed by atoms with Gasteiger partial charge in [0.2, 0.25) is 5.91 Å². The van der Waals surface area contributed by atoms with Gasteiger partial charge >= 0.3 is 0 Å². The third kappa shape index (κ3) is 5.12. The van der Waals surface area contributed by atoms with Crippen LogP contribution in [0.5, 0.6) is 0 Å². The summed E-state index contributed by atoms with van der Waals surface area (Å²) in [6, 6.07) is 6.95. The lowest BCUT2D eigenvalue weighted by Gasteiger charge is -2.11. The van der Waals surface area contributed by atoms with Crippen molar-refractivity contribution >= 4 is 17.5 Å². The van der Waals surface area contributed by atoms with Gasteiger partial charge in [-0.2, -0.15) is 0 Å². The summed E-state index contributed by atoms with van der Waals surface area (Å²) in [6.45, 7) is 4.18. The largest absolute Gasteiger partial charge is 0.345 e. The molecular formula is C15H22N2O2. The van der Waals surface area contributed by atoms with E-state index in [9.17, 15) is 9.59 Å². The van der Waals surface area contributed by atoms with Crippen LogP contribution in [0.15, 0.2) is 24.3 Å². The maximum absolute atomic E-state index is 11.7. The number of carbonyl (C=O) groups excluding carboxylic acids is 2. The van der Waals surface area contributed by atoms with Crippen LogP contribution in [0.25, 0.3) is 0 Å². The van der Waals surface area contributed by atoms with Crippen LogP contribution in [0.1, 0.15) is 37.0 Å². The van der Waals surface area contributed by atoms with Crippen LogP contribution in [0, 0.1) is 5.92 Å². The number of hydrogen-bond acceptors (Lipinski definition) is 2. The van der Waals surface area contributed by atoms with E-state index in [4.69, 9.17) is 0 Å². The first-order valence-corrected chi connectivity index (χ1v) is 6.51. The van der Waals surface area contributed by atoms with E-state index in [0.29, 0.717) is 17.9 Å². The van der Waals surface area contributed by atoms with Crippen LogP contribution >= 0.6 is 0 Å². The molecule has 19 heavy (non-hydrogen) atoms. The molecule has 0 aliphatic heterocycles. The SMILES string of the molecule is CC(C)CCC(=O)Nc1ccc(C(=O)N(C)C)cc1. The quantitative estimate of drug-likeness (QED) is 0.887. The third-order valence-electron chi connectivity index (χ3n) is 2.77. The molecular weight excluding hydrogens is 240 g/mol. The molecule has 4 nitrogen and oxygen atoms in total. The summed E-state index contributed by atoms with van der Waals surface area (Å²) in [5, 5.41) is 2.83. The minimum absolute atomic E-state index is 0.0142. The first-order valence-electron chi connectivity index (χ1n) is 6.51. The Morgan fingerprint density at radius 1 is 1.16 bits per heavy atom. The Hall–Kier alpha value is -1.84. The topological polar surface area (TPSA) is 49.4 Å². The second-order valence-electron chi connectivity index (χ2n) is 5.26. The summed E-state index contributed by atoms with van der Waals surface area (Å²) in [4.78, 5) is 24.9. The van der Waals surface area contributed by atoms with Gasteiger partial charge in [0.1, 0.15) is 0 Å². The summed E-state index contributed by atoms with van der Waals surface area (Å²) < 4.78 is 0. The van der Waals surface area contributed by atoms with Gasteiger partial charge in [-0.3, -0.25) is 9.59 Å². The zero-order valence-electron chi connectivity index (χ0n) is 12.1. The van der Waals surface area contributed by atoms with Crippen molar-refractivity contribution < 1.29 is 9.59 Å². The molecule has 1 aromatic rings. The van der Waals surface area contributed by atoms with Gasteiger partial charge in [0.15, 0.2) is 0 Å². The van der Waals surface area contributed by atoms with Crippen LogP contribution in [0.4, 0.5) is 5.69 Å². The molecule has 0 bridgehead atoms. The minimum Gasteiger partial charge on any atom is -0.345 e. The summed E-state index contributed by atoms with van der Waals surface area (Å²) in [7, 11) is 3.42. The summed E-state index contributed by atoms with van der Waals surface area (Å²) in [5.41, 5.74) is 1.34. The molecule has 0 saturated carbocycles. The number of anilines is 1. The van der Waals surface area contributed by atoms with Crippen molar-refractivity contribution in [1.29, 1.82) is 0 Å².